The fraction of sp³-hybridized carbons (Fsp3) is 0.250. The van der Waals surface area contributed by atoms with Gasteiger partial charge in [-0.05, 0) is 18.2 Å². The molecule has 0 aliphatic rings. The van der Waals surface area contributed by atoms with E-state index in [0.717, 1.165) is 5.56 Å². The summed E-state index contributed by atoms with van der Waals surface area (Å²) >= 11 is 4.64. The van der Waals surface area contributed by atoms with Crippen LogP contribution in [0.2, 0.25) is 0 Å². The second-order valence-electron chi connectivity index (χ2n) is 2.43. The Balaban J connectivity index is 2.58. The highest BCUT2D eigenvalue weighted by Crippen LogP contribution is 2.07. The summed E-state index contributed by atoms with van der Waals surface area (Å²) in [6.45, 7) is 0. The summed E-state index contributed by atoms with van der Waals surface area (Å²) < 4.78 is 0. The van der Waals surface area contributed by atoms with Gasteiger partial charge in [-0.15, -0.1) is 0 Å². The van der Waals surface area contributed by atoms with Crippen molar-refractivity contribution >= 4 is 12.6 Å². The van der Waals surface area contributed by atoms with Gasteiger partial charge in [0.05, 0.1) is 6.42 Å². The van der Waals surface area contributed by atoms with Gasteiger partial charge in [0.15, 0.2) is 0 Å². The van der Waals surface area contributed by atoms with E-state index in [-0.39, 0.29) is 0 Å². The van der Waals surface area contributed by atoms with E-state index in [0.29, 0.717) is 6.42 Å². The normalized spacial score (nSPS) is 12.4. The van der Waals surface area contributed by atoms with Crippen molar-refractivity contribution in [2.75, 3.05) is 0 Å². The first-order chi connectivity index (χ1) is 5.70. The standard InChI is InChI=1S/C8H8NO2S/c10-9(11)8(12)6-7-4-2-1-3-5-7/h1-5,8H,6H2. The molecule has 0 saturated heterocycles. The molecule has 0 saturated carbocycles. The van der Waals surface area contributed by atoms with Crippen molar-refractivity contribution in [2.24, 2.45) is 0 Å². The molecular weight excluding hydrogens is 174 g/mol. The summed E-state index contributed by atoms with van der Waals surface area (Å²) in [5.41, 5.74) is 0.911. The smallest absolute Gasteiger partial charge is 0.263 e. The highest BCUT2D eigenvalue weighted by Gasteiger charge is 2.14. The van der Waals surface area contributed by atoms with Crippen molar-refractivity contribution in [1.82, 2.24) is 0 Å². The van der Waals surface area contributed by atoms with Crippen LogP contribution in [0.25, 0.3) is 0 Å². The van der Waals surface area contributed by atoms with E-state index in [1.165, 1.54) is 0 Å². The first-order valence-electron chi connectivity index (χ1n) is 3.53. The zero-order chi connectivity index (χ0) is 8.97. The molecule has 1 rings (SSSR count). The molecule has 0 aliphatic heterocycles. The molecule has 0 fully saturated rings. The van der Waals surface area contributed by atoms with Crippen LogP contribution in [-0.4, -0.2) is 10.3 Å². The van der Waals surface area contributed by atoms with Gasteiger partial charge >= 0.3 is 0 Å². The summed E-state index contributed by atoms with van der Waals surface area (Å²) in [5, 5.41) is 9.30. The van der Waals surface area contributed by atoms with Crippen LogP contribution >= 0.6 is 12.6 Å². The first kappa shape index (κ1) is 9.06. The first-order valence-corrected chi connectivity index (χ1v) is 4.00. The van der Waals surface area contributed by atoms with Crippen LogP contribution in [0.15, 0.2) is 30.3 Å². The molecule has 1 atom stereocenters. The van der Waals surface area contributed by atoms with Gasteiger partial charge < -0.3 is 0 Å². The SMILES string of the molecule is O=[N+]([O-])C([S])Cc1ccccc1. The average Bonchev–Trinajstić information content (AvgIpc) is 2.06. The van der Waals surface area contributed by atoms with Gasteiger partial charge in [-0.3, -0.25) is 10.1 Å². The molecule has 0 bridgehead atoms. The highest BCUT2D eigenvalue weighted by molar-refractivity contribution is 7.80. The molecular formula is C8H8NO2S. The van der Waals surface area contributed by atoms with Crippen LogP contribution < -0.4 is 0 Å². The van der Waals surface area contributed by atoms with Gasteiger partial charge in [0.2, 0.25) is 0 Å². The lowest BCUT2D eigenvalue weighted by molar-refractivity contribution is -0.494. The molecule has 1 radical (unpaired) electrons. The zero-order valence-electron chi connectivity index (χ0n) is 6.34. The van der Waals surface area contributed by atoms with Crippen LogP contribution in [0.3, 0.4) is 0 Å². The number of rotatable bonds is 3. The lowest BCUT2D eigenvalue weighted by Crippen LogP contribution is -2.14. The van der Waals surface area contributed by atoms with Crippen LogP contribution in [0, 0.1) is 10.1 Å². The third-order valence-electron chi connectivity index (χ3n) is 1.49. The summed E-state index contributed by atoms with van der Waals surface area (Å²) in [5.74, 6) is 0. The number of benzene rings is 1. The molecule has 12 heavy (non-hydrogen) atoms. The summed E-state index contributed by atoms with van der Waals surface area (Å²) in [4.78, 5) is 9.76. The van der Waals surface area contributed by atoms with Gasteiger partial charge in [0, 0.05) is 4.92 Å². The Morgan fingerprint density at radius 1 is 1.42 bits per heavy atom. The third-order valence-corrected chi connectivity index (χ3v) is 1.83. The Labute approximate surface area is 76.0 Å². The van der Waals surface area contributed by atoms with E-state index in [1.54, 1.807) is 0 Å². The molecule has 0 N–H and O–H groups in total. The molecule has 0 amide bonds. The lowest BCUT2D eigenvalue weighted by Gasteiger charge is -2.00. The van der Waals surface area contributed by atoms with E-state index >= 15 is 0 Å². The van der Waals surface area contributed by atoms with Crippen LogP contribution in [0.1, 0.15) is 5.56 Å². The summed E-state index contributed by atoms with van der Waals surface area (Å²) in [7, 11) is 0. The molecule has 3 nitrogen and oxygen atoms in total. The Hall–Kier alpha value is -1.03. The van der Waals surface area contributed by atoms with Crippen molar-refractivity contribution in [3.63, 3.8) is 0 Å². The minimum Gasteiger partial charge on any atom is -0.263 e. The van der Waals surface area contributed by atoms with E-state index in [1.807, 2.05) is 30.3 Å². The Kier molecular flexibility index (Phi) is 3.10. The van der Waals surface area contributed by atoms with Gasteiger partial charge in [-0.25, -0.2) is 0 Å². The van der Waals surface area contributed by atoms with Crippen LogP contribution in [-0.2, 0) is 6.42 Å². The predicted octanol–water partition coefficient (Wildman–Crippen LogP) is 2.03. The van der Waals surface area contributed by atoms with E-state index in [2.05, 4.69) is 12.6 Å². The molecule has 1 aromatic carbocycles. The minimum atomic E-state index is -0.910. The molecule has 0 heterocycles. The maximum Gasteiger partial charge on any atom is 0.272 e. The topological polar surface area (TPSA) is 43.1 Å². The maximum atomic E-state index is 10.2. The lowest BCUT2D eigenvalue weighted by atomic mass is 10.1. The number of nitro groups is 1. The maximum absolute atomic E-state index is 10.2. The summed E-state index contributed by atoms with van der Waals surface area (Å²) in [6, 6.07) is 9.23. The van der Waals surface area contributed by atoms with Gasteiger partial charge in [-0.1, -0.05) is 30.3 Å². The minimum absolute atomic E-state index is 0.323. The van der Waals surface area contributed by atoms with Crippen molar-refractivity contribution in [3.8, 4) is 0 Å². The zero-order valence-corrected chi connectivity index (χ0v) is 7.16. The second-order valence-corrected chi connectivity index (χ2v) is 2.97. The van der Waals surface area contributed by atoms with Crippen molar-refractivity contribution in [3.05, 3.63) is 46.0 Å². The fourth-order valence-electron chi connectivity index (χ4n) is 0.890. The molecule has 63 valence electrons. The van der Waals surface area contributed by atoms with E-state index in [4.69, 9.17) is 0 Å². The number of hydrogen-bond acceptors (Lipinski definition) is 2. The Bertz CT molecular complexity index is 263. The Morgan fingerprint density at radius 3 is 2.50 bits per heavy atom. The monoisotopic (exact) mass is 182 g/mol. The van der Waals surface area contributed by atoms with Crippen LogP contribution in [0.5, 0.6) is 0 Å². The molecule has 0 aliphatic carbocycles. The molecule has 4 heteroatoms. The quantitative estimate of drug-likeness (QED) is 0.530. The van der Waals surface area contributed by atoms with Gasteiger partial charge in [0.1, 0.15) is 0 Å². The van der Waals surface area contributed by atoms with E-state index < -0.39 is 10.3 Å². The summed E-state index contributed by atoms with van der Waals surface area (Å²) in [6.07, 6.45) is 0.323. The predicted molar refractivity (Wildman–Crippen MR) is 48.5 cm³/mol. The Morgan fingerprint density at radius 2 is 2.00 bits per heavy atom. The average molecular weight is 182 g/mol. The highest BCUT2D eigenvalue weighted by atomic mass is 32.1. The van der Waals surface area contributed by atoms with Crippen LogP contribution in [0.4, 0.5) is 0 Å². The molecule has 1 aromatic rings. The van der Waals surface area contributed by atoms with Crippen molar-refractivity contribution in [1.29, 1.82) is 0 Å². The third kappa shape index (κ3) is 2.54. The molecule has 1 unspecified atom stereocenters. The number of nitrogens with zero attached hydrogens (tertiary/aromatic N) is 1. The van der Waals surface area contributed by atoms with Crippen molar-refractivity contribution in [2.45, 2.75) is 11.8 Å². The fourth-order valence-corrected chi connectivity index (χ4v) is 1.08. The largest absolute Gasteiger partial charge is 0.272 e. The van der Waals surface area contributed by atoms with Gasteiger partial charge in [-0.2, -0.15) is 0 Å². The van der Waals surface area contributed by atoms with Crippen molar-refractivity contribution < 1.29 is 4.92 Å². The number of hydrogen-bond donors (Lipinski definition) is 0. The van der Waals surface area contributed by atoms with E-state index in [9.17, 15) is 10.1 Å². The van der Waals surface area contributed by atoms with Gasteiger partial charge in [0.25, 0.3) is 5.37 Å². The molecule has 0 aromatic heterocycles. The molecule has 0 spiro atoms. The second kappa shape index (κ2) is 4.11.